The third-order valence-electron chi connectivity index (χ3n) is 4.66. The predicted octanol–water partition coefficient (Wildman–Crippen LogP) is 7.43. The molecule has 0 radical (unpaired) electrons. The van der Waals surface area contributed by atoms with Crippen molar-refractivity contribution in [3.63, 3.8) is 0 Å². The fraction of sp³-hybridized carbons (Fsp3) is 0.0769. The number of benzene rings is 4. The largest absolute Gasteiger partial charge is 0.456 e. The minimum Gasteiger partial charge on any atom is -0.456 e. The summed E-state index contributed by atoms with van der Waals surface area (Å²) < 4.78 is 6.51. The molecule has 0 amide bonds. The van der Waals surface area contributed by atoms with Crippen LogP contribution < -0.4 is 4.74 Å². The van der Waals surface area contributed by atoms with Gasteiger partial charge in [-0.2, -0.15) is 0 Å². The summed E-state index contributed by atoms with van der Waals surface area (Å²) in [6, 6.07) is 33.5. The van der Waals surface area contributed by atoms with E-state index < -0.39 is 0 Å². The van der Waals surface area contributed by atoms with Gasteiger partial charge in [0, 0.05) is 11.1 Å². The highest BCUT2D eigenvalue weighted by atomic mass is 16.5. The van der Waals surface area contributed by atoms with Gasteiger partial charge >= 0.3 is 0 Å². The molecule has 0 saturated carbocycles. The van der Waals surface area contributed by atoms with E-state index in [0.29, 0.717) is 0 Å². The molecule has 0 bridgehead atoms. The normalized spacial score (nSPS) is 10.6. The van der Waals surface area contributed by atoms with Crippen molar-refractivity contribution in [2.75, 3.05) is 0 Å². The highest BCUT2D eigenvalue weighted by molar-refractivity contribution is 5.75. The molecule has 0 aliphatic carbocycles. The van der Waals surface area contributed by atoms with E-state index in [1.165, 1.54) is 11.1 Å². The minimum absolute atomic E-state index is 0.879. The van der Waals surface area contributed by atoms with E-state index in [1.807, 2.05) is 12.1 Å². The van der Waals surface area contributed by atoms with Gasteiger partial charge in [0.05, 0.1) is 0 Å². The zero-order chi connectivity index (χ0) is 18.6. The summed E-state index contributed by atoms with van der Waals surface area (Å²) in [5, 5.41) is 0. The van der Waals surface area contributed by atoms with Crippen molar-refractivity contribution in [2.45, 2.75) is 13.8 Å². The molecule has 4 aromatic rings. The smallest absolute Gasteiger partial charge is 0.135 e. The van der Waals surface area contributed by atoms with Crippen molar-refractivity contribution in [3.8, 4) is 33.8 Å². The molecule has 0 aliphatic heterocycles. The highest BCUT2D eigenvalue weighted by Crippen LogP contribution is 2.38. The van der Waals surface area contributed by atoms with Crippen LogP contribution in [0, 0.1) is 13.8 Å². The van der Waals surface area contributed by atoms with Gasteiger partial charge in [0.1, 0.15) is 11.5 Å². The Hall–Kier alpha value is -3.32. The third-order valence-corrected chi connectivity index (χ3v) is 4.66. The van der Waals surface area contributed by atoms with Gasteiger partial charge in [-0.15, -0.1) is 0 Å². The minimum atomic E-state index is 0.879. The Balaban J connectivity index is 1.82. The van der Waals surface area contributed by atoms with Crippen molar-refractivity contribution >= 4 is 0 Å². The standard InChI is InChI=1S/C26H22O/c1-19-13-15-23(21-9-5-3-6-10-21)25(17-19)27-26-18-20(2)14-16-24(26)22-11-7-4-8-12-22/h3-18H,1-2H3. The van der Waals surface area contributed by atoms with Crippen molar-refractivity contribution < 1.29 is 4.74 Å². The summed E-state index contributed by atoms with van der Waals surface area (Å²) in [6.45, 7) is 4.19. The lowest BCUT2D eigenvalue weighted by Gasteiger charge is -2.16. The fourth-order valence-electron chi connectivity index (χ4n) is 3.26. The first-order valence-electron chi connectivity index (χ1n) is 9.21. The van der Waals surface area contributed by atoms with E-state index in [9.17, 15) is 0 Å². The molecule has 4 aromatic carbocycles. The Morgan fingerprint density at radius 2 is 0.889 bits per heavy atom. The first-order chi connectivity index (χ1) is 13.2. The molecule has 0 aromatic heterocycles. The maximum absolute atomic E-state index is 6.51. The van der Waals surface area contributed by atoms with E-state index >= 15 is 0 Å². The van der Waals surface area contributed by atoms with E-state index in [4.69, 9.17) is 4.74 Å². The number of rotatable bonds is 4. The van der Waals surface area contributed by atoms with Crippen LogP contribution in [-0.2, 0) is 0 Å². The average molecular weight is 350 g/mol. The lowest BCUT2D eigenvalue weighted by Crippen LogP contribution is -1.93. The Morgan fingerprint density at radius 3 is 1.30 bits per heavy atom. The topological polar surface area (TPSA) is 9.23 Å². The molecule has 27 heavy (non-hydrogen) atoms. The van der Waals surface area contributed by atoms with Crippen LogP contribution >= 0.6 is 0 Å². The van der Waals surface area contributed by atoms with E-state index in [2.05, 4.69) is 98.8 Å². The van der Waals surface area contributed by atoms with Gasteiger partial charge in [-0.25, -0.2) is 0 Å². The van der Waals surface area contributed by atoms with Crippen LogP contribution in [0.4, 0.5) is 0 Å². The third kappa shape index (κ3) is 3.78. The lowest BCUT2D eigenvalue weighted by molar-refractivity contribution is 0.485. The molecular formula is C26H22O. The van der Waals surface area contributed by atoms with Crippen LogP contribution in [0.25, 0.3) is 22.3 Å². The zero-order valence-electron chi connectivity index (χ0n) is 15.6. The molecule has 132 valence electrons. The number of aryl methyl sites for hydroxylation is 2. The zero-order valence-corrected chi connectivity index (χ0v) is 15.6. The van der Waals surface area contributed by atoms with Gasteiger partial charge in [0.25, 0.3) is 0 Å². The first-order valence-corrected chi connectivity index (χ1v) is 9.21. The second kappa shape index (κ2) is 7.51. The van der Waals surface area contributed by atoms with Gasteiger partial charge in [0.15, 0.2) is 0 Å². The van der Waals surface area contributed by atoms with Crippen molar-refractivity contribution in [2.24, 2.45) is 0 Å². The summed E-state index contributed by atoms with van der Waals surface area (Å²) in [4.78, 5) is 0. The highest BCUT2D eigenvalue weighted by Gasteiger charge is 2.12. The molecule has 0 fully saturated rings. The molecule has 0 unspecified atom stereocenters. The Morgan fingerprint density at radius 1 is 0.481 bits per heavy atom. The molecule has 0 aliphatic rings. The molecule has 0 heterocycles. The summed E-state index contributed by atoms with van der Waals surface area (Å²) in [7, 11) is 0. The van der Waals surface area contributed by atoms with Crippen LogP contribution in [0.5, 0.6) is 11.5 Å². The molecule has 0 saturated heterocycles. The van der Waals surface area contributed by atoms with Crippen molar-refractivity contribution in [1.82, 2.24) is 0 Å². The Kier molecular flexibility index (Phi) is 4.76. The van der Waals surface area contributed by atoms with Gasteiger partial charge < -0.3 is 4.74 Å². The van der Waals surface area contributed by atoms with Crippen molar-refractivity contribution in [3.05, 3.63) is 108 Å². The van der Waals surface area contributed by atoms with E-state index in [1.54, 1.807) is 0 Å². The van der Waals surface area contributed by atoms with Gasteiger partial charge in [-0.1, -0.05) is 84.9 Å². The van der Waals surface area contributed by atoms with Gasteiger partial charge in [-0.05, 0) is 48.2 Å². The summed E-state index contributed by atoms with van der Waals surface area (Å²) in [6.07, 6.45) is 0. The molecule has 1 heteroatoms. The predicted molar refractivity (Wildman–Crippen MR) is 113 cm³/mol. The summed E-state index contributed by atoms with van der Waals surface area (Å²) in [5.74, 6) is 1.76. The van der Waals surface area contributed by atoms with Crippen LogP contribution in [0.15, 0.2) is 97.1 Å². The molecule has 1 nitrogen and oxygen atoms in total. The fourth-order valence-corrected chi connectivity index (χ4v) is 3.26. The second-order valence-corrected chi connectivity index (χ2v) is 6.83. The van der Waals surface area contributed by atoms with Crippen LogP contribution in [0.1, 0.15) is 11.1 Å². The molecule has 4 rings (SSSR count). The average Bonchev–Trinajstić information content (AvgIpc) is 2.70. The lowest BCUT2D eigenvalue weighted by atomic mass is 10.0. The Bertz CT molecular complexity index is 963. The van der Waals surface area contributed by atoms with E-state index in [-0.39, 0.29) is 0 Å². The summed E-state index contributed by atoms with van der Waals surface area (Å²) >= 11 is 0. The van der Waals surface area contributed by atoms with Gasteiger partial charge in [0.2, 0.25) is 0 Å². The number of hydrogen-bond acceptors (Lipinski definition) is 1. The van der Waals surface area contributed by atoms with Crippen LogP contribution in [0.3, 0.4) is 0 Å². The quantitative estimate of drug-likeness (QED) is 0.372. The van der Waals surface area contributed by atoms with Crippen LogP contribution in [-0.4, -0.2) is 0 Å². The monoisotopic (exact) mass is 350 g/mol. The first kappa shape index (κ1) is 17.1. The number of ether oxygens (including phenoxy) is 1. The Labute approximate surface area is 160 Å². The second-order valence-electron chi connectivity index (χ2n) is 6.83. The maximum atomic E-state index is 6.51. The van der Waals surface area contributed by atoms with Crippen LogP contribution in [0.2, 0.25) is 0 Å². The van der Waals surface area contributed by atoms with E-state index in [0.717, 1.165) is 33.8 Å². The molecular weight excluding hydrogens is 328 g/mol. The SMILES string of the molecule is Cc1ccc(-c2ccccc2)c(Oc2cc(C)ccc2-c2ccccc2)c1. The molecule has 0 N–H and O–H groups in total. The summed E-state index contributed by atoms with van der Waals surface area (Å²) in [5.41, 5.74) is 6.86. The molecule has 0 spiro atoms. The van der Waals surface area contributed by atoms with Gasteiger partial charge in [-0.3, -0.25) is 0 Å². The van der Waals surface area contributed by atoms with Crippen molar-refractivity contribution in [1.29, 1.82) is 0 Å². The maximum Gasteiger partial charge on any atom is 0.135 e. The number of hydrogen-bond donors (Lipinski definition) is 0. The molecule has 0 atom stereocenters.